The molecule has 0 aromatic carbocycles. The van der Waals surface area contributed by atoms with E-state index >= 15 is 0 Å². The summed E-state index contributed by atoms with van der Waals surface area (Å²) in [7, 11) is 0. The summed E-state index contributed by atoms with van der Waals surface area (Å²) in [6.45, 7) is 8.42. The number of nitrogens with zero attached hydrogens (tertiary/aromatic N) is 2. The predicted molar refractivity (Wildman–Crippen MR) is 78.1 cm³/mol. The van der Waals surface area contributed by atoms with E-state index in [1.165, 1.54) is 12.8 Å². The number of hydrogen-bond donors (Lipinski definition) is 1. The molecule has 3 nitrogen and oxygen atoms in total. The van der Waals surface area contributed by atoms with Gasteiger partial charge >= 0.3 is 0 Å². The Morgan fingerprint density at radius 2 is 1.95 bits per heavy atom. The van der Waals surface area contributed by atoms with Crippen LogP contribution in [-0.4, -0.2) is 33.6 Å². The van der Waals surface area contributed by atoms with Gasteiger partial charge in [0.15, 0.2) is 0 Å². The van der Waals surface area contributed by atoms with E-state index in [9.17, 15) is 5.11 Å². The van der Waals surface area contributed by atoms with Crippen LogP contribution in [0.3, 0.4) is 0 Å². The standard InChI is InChI=1S/C16H26N2O/c1-4-18(5-2)16(9-6-7-10-16)15(19)14-12-17-11-8-13(14)3/h8,11-12,15,19H,4-7,9-10H2,1-3H3. The number of aliphatic hydroxyl groups is 1. The van der Waals surface area contributed by atoms with Gasteiger partial charge in [-0.15, -0.1) is 0 Å². The Morgan fingerprint density at radius 1 is 1.32 bits per heavy atom. The minimum absolute atomic E-state index is 0.0860. The molecule has 1 aromatic heterocycles. The zero-order valence-corrected chi connectivity index (χ0v) is 12.4. The number of aromatic nitrogens is 1. The van der Waals surface area contributed by atoms with E-state index in [4.69, 9.17) is 0 Å². The van der Waals surface area contributed by atoms with E-state index < -0.39 is 6.10 Å². The van der Waals surface area contributed by atoms with Crippen molar-refractivity contribution in [3.63, 3.8) is 0 Å². The second-order valence-electron chi connectivity index (χ2n) is 5.62. The Bertz CT molecular complexity index is 409. The van der Waals surface area contributed by atoms with Crippen molar-refractivity contribution in [3.8, 4) is 0 Å². The fourth-order valence-electron chi connectivity index (χ4n) is 3.66. The molecular weight excluding hydrogens is 236 g/mol. The number of rotatable bonds is 5. The average Bonchev–Trinajstić information content (AvgIpc) is 2.90. The van der Waals surface area contributed by atoms with Gasteiger partial charge in [0.1, 0.15) is 0 Å². The van der Waals surface area contributed by atoms with Gasteiger partial charge in [-0.05, 0) is 44.5 Å². The highest BCUT2D eigenvalue weighted by atomic mass is 16.3. The summed E-state index contributed by atoms with van der Waals surface area (Å²) in [5, 5.41) is 11.0. The van der Waals surface area contributed by atoms with Gasteiger partial charge in [-0.3, -0.25) is 9.88 Å². The Morgan fingerprint density at radius 3 is 2.47 bits per heavy atom. The number of pyridine rings is 1. The lowest BCUT2D eigenvalue weighted by atomic mass is 9.83. The van der Waals surface area contributed by atoms with Crippen molar-refractivity contribution in [2.75, 3.05) is 13.1 Å². The fraction of sp³-hybridized carbons (Fsp3) is 0.688. The van der Waals surface area contributed by atoms with E-state index in [0.717, 1.165) is 37.1 Å². The van der Waals surface area contributed by atoms with Crippen molar-refractivity contribution in [2.45, 2.75) is 58.1 Å². The van der Waals surface area contributed by atoms with Gasteiger partial charge in [0.25, 0.3) is 0 Å². The average molecular weight is 262 g/mol. The number of likely N-dealkylation sites (N-methyl/N-ethyl adjacent to an activating group) is 1. The van der Waals surface area contributed by atoms with Gasteiger partial charge < -0.3 is 5.11 Å². The van der Waals surface area contributed by atoms with Crippen LogP contribution in [0.15, 0.2) is 18.5 Å². The van der Waals surface area contributed by atoms with Crippen molar-refractivity contribution in [2.24, 2.45) is 0 Å². The Hall–Kier alpha value is -0.930. The Balaban J connectivity index is 2.37. The first-order chi connectivity index (χ1) is 9.15. The van der Waals surface area contributed by atoms with Crippen molar-refractivity contribution in [1.82, 2.24) is 9.88 Å². The molecule has 106 valence electrons. The first kappa shape index (κ1) is 14.5. The van der Waals surface area contributed by atoms with Gasteiger partial charge in [-0.25, -0.2) is 0 Å². The van der Waals surface area contributed by atoms with Crippen LogP contribution in [0.2, 0.25) is 0 Å². The minimum atomic E-state index is -0.427. The molecule has 19 heavy (non-hydrogen) atoms. The van der Waals surface area contributed by atoms with Crippen LogP contribution < -0.4 is 0 Å². The quantitative estimate of drug-likeness (QED) is 0.886. The zero-order chi connectivity index (χ0) is 13.9. The lowest BCUT2D eigenvalue weighted by Gasteiger charge is -2.44. The maximum atomic E-state index is 11.0. The second kappa shape index (κ2) is 6.02. The predicted octanol–water partition coefficient (Wildman–Crippen LogP) is 3.08. The van der Waals surface area contributed by atoms with Crippen LogP contribution in [0.1, 0.15) is 56.8 Å². The highest BCUT2D eigenvalue weighted by molar-refractivity contribution is 5.27. The number of hydrogen-bond acceptors (Lipinski definition) is 3. The summed E-state index contributed by atoms with van der Waals surface area (Å²) in [6, 6.07) is 1.99. The maximum absolute atomic E-state index is 11.0. The molecule has 2 rings (SSSR count). The fourth-order valence-corrected chi connectivity index (χ4v) is 3.66. The summed E-state index contributed by atoms with van der Waals surface area (Å²) in [5.74, 6) is 0. The Labute approximate surface area is 116 Å². The molecular formula is C16H26N2O. The molecule has 1 aliphatic carbocycles. The molecule has 1 unspecified atom stereocenters. The van der Waals surface area contributed by atoms with Crippen LogP contribution in [0.25, 0.3) is 0 Å². The molecule has 1 heterocycles. The monoisotopic (exact) mass is 262 g/mol. The van der Waals surface area contributed by atoms with E-state index in [-0.39, 0.29) is 5.54 Å². The van der Waals surface area contributed by atoms with Crippen molar-refractivity contribution < 1.29 is 5.11 Å². The largest absolute Gasteiger partial charge is 0.386 e. The third-order valence-corrected chi connectivity index (χ3v) is 4.75. The third-order valence-electron chi connectivity index (χ3n) is 4.75. The highest BCUT2D eigenvalue weighted by Gasteiger charge is 2.45. The van der Waals surface area contributed by atoms with E-state index in [1.54, 1.807) is 6.20 Å². The smallest absolute Gasteiger partial charge is 0.0990 e. The molecule has 0 saturated heterocycles. The lowest BCUT2D eigenvalue weighted by Crippen LogP contribution is -2.51. The summed E-state index contributed by atoms with van der Waals surface area (Å²) in [4.78, 5) is 6.64. The van der Waals surface area contributed by atoms with Gasteiger partial charge in [-0.2, -0.15) is 0 Å². The molecule has 0 amide bonds. The maximum Gasteiger partial charge on any atom is 0.0990 e. The molecule has 0 bridgehead atoms. The highest BCUT2D eigenvalue weighted by Crippen LogP contribution is 2.44. The van der Waals surface area contributed by atoms with Crippen LogP contribution in [-0.2, 0) is 0 Å². The molecule has 0 radical (unpaired) electrons. The molecule has 1 N–H and O–H groups in total. The number of aryl methyl sites for hydroxylation is 1. The van der Waals surface area contributed by atoms with E-state index in [1.807, 2.05) is 12.3 Å². The number of aliphatic hydroxyl groups excluding tert-OH is 1. The summed E-state index contributed by atoms with van der Waals surface area (Å²) >= 11 is 0. The molecule has 1 atom stereocenters. The Kier molecular flexibility index (Phi) is 4.58. The molecule has 1 aliphatic rings. The molecule has 1 saturated carbocycles. The first-order valence-electron chi connectivity index (χ1n) is 7.49. The topological polar surface area (TPSA) is 36.4 Å². The van der Waals surface area contributed by atoms with Crippen LogP contribution in [0.4, 0.5) is 0 Å². The van der Waals surface area contributed by atoms with Crippen LogP contribution in [0, 0.1) is 6.92 Å². The third kappa shape index (κ3) is 2.54. The lowest BCUT2D eigenvalue weighted by molar-refractivity contribution is -0.0273. The normalized spacial score (nSPS) is 19.8. The van der Waals surface area contributed by atoms with Crippen LogP contribution in [0.5, 0.6) is 0 Å². The van der Waals surface area contributed by atoms with Gasteiger partial charge in [0.05, 0.1) is 11.6 Å². The van der Waals surface area contributed by atoms with E-state index in [0.29, 0.717) is 0 Å². The van der Waals surface area contributed by atoms with E-state index in [2.05, 4.69) is 30.7 Å². The van der Waals surface area contributed by atoms with Crippen molar-refractivity contribution in [3.05, 3.63) is 29.6 Å². The van der Waals surface area contributed by atoms with Gasteiger partial charge in [0, 0.05) is 18.0 Å². The summed E-state index contributed by atoms with van der Waals surface area (Å²) < 4.78 is 0. The minimum Gasteiger partial charge on any atom is -0.386 e. The van der Waals surface area contributed by atoms with Crippen LogP contribution >= 0.6 is 0 Å². The molecule has 1 aromatic rings. The summed E-state index contributed by atoms with van der Waals surface area (Å²) in [5.41, 5.74) is 2.05. The molecule has 1 fully saturated rings. The molecule has 0 spiro atoms. The summed E-state index contributed by atoms with van der Waals surface area (Å²) in [6.07, 6.45) is 7.81. The SMILES string of the molecule is CCN(CC)C1(C(O)c2cnccc2C)CCCC1. The van der Waals surface area contributed by atoms with Gasteiger partial charge in [0.2, 0.25) is 0 Å². The first-order valence-corrected chi connectivity index (χ1v) is 7.49. The molecule has 0 aliphatic heterocycles. The second-order valence-corrected chi connectivity index (χ2v) is 5.62. The van der Waals surface area contributed by atoms with Crippen molar-refractivity contribution in [1.29, 1.82) is 0 Å². The molecule has 3 heteroatoms. The van der Waals surface area contributed by atoms with Gasteiger partial charge in [-0.1, -0.05) is 26.7 Å². The van der Waals surface area contributed by atoms with Crippen molar-refractivity contribution >= 4 is 0 Å². The zero-order valence-electron chi connectivity index (χ0n) is 12.4.